The van der Waals surface area contributed by atoms with Crippen LogP contribution in [0.15, 0.2) is 45.6 Å². The Morgan fingerprint density at radius 2 is 1.41 bits per heavy atom. The Bertz CT molecular complexity index is 1050. The van der Waals surface area contributed by atoms with Gasteiger partial charge in [-0.15, -0.1) is 0 Å². The molecule has 0 aromatic carbocycles. The standard InChI is InChI=1S/C18H28O4.C17H28O2/c1-12(11-14(16(19)20)17(21)22-5)8-9-15-13(2)7-6-10-18(15,3)4;1-13(9-11-16(18)19-5)8-10-15-14(2)7-6-12-17(15,3)4/h11-12H,6-10H2,1-5H3,(H,19,20);9H,6-8,10-12H2,1-5H3/b14-11-;13-9+. The predicted molar refractivity (Wildman–Crippen MR) is 166 cm³/mol. The molecule has 1 atom stereocenters. The van der Waals surface area contributed by atoms with E-state index in [1.54, 1.807) is 11.1 Å². The first kappa shape index (κ1) is 36.4. The molecular weight excluding hydrogens is 516 g/mol. The molecule has 41 heavy (non-hydrogen) atoms. The first-order chi connectivity index (χ1) is 19.0. The van der Waals surface area contributed by atoms with Crippen molar-refractivity contribution >= 4 is 17.9 Å². The molecule has 2 rings (SSSR count). The van der Waals surface area contributed by atoms with Crippen LogP contribution in [0, 0.1) is 16.7 Å². The number of hydrogen-bond acceptors (Lipinski definition) is 5. The van der Waals surface area contributed by atoms with Crippen LogP contribution in [0.25, 0.3) is 0 Å². The quantitative estimate of drug-likeness (QED) is 0.0874. The van der Waals surface area contributed by atoms with Crippen LogP contribution >= 0.6 is 0 Å². The zero-order chi connectivity index (χ0) is 31.4. The smallest absolute Gasteiger partial charge is 0.344 e. The van der Waals surface area contributed by atoms with Crippen molar-refractivity contribution in [3.63, 3.8) is 0 Å². The Labute approximate surface area is 249 Å². The molecule has 0 aromatic heterocycles. The lowest BCUT2D eigenvalue weighted by atomic mass is 9.71. The number of esters is 2. The molecule has 0 saturated carbocycles. The number of carboxylic acid groups (broad SMARTS) is 1. The molecule has 0 heterocycles. The second kappa shape index (κ2) is 16.7. The van der Waals surface area contributed by atoms with Crippen LogP contribution in [0.3, 0.4) is 0 Å². The largest absolute Gasteiger partial charge is 0.477 e. The molecule has 0 aliphatic heterocycles. The lowest BCUT2D eigenvalue weighted by molar-refractivity contribution is -0.142. The number of carbonyl (C=O) groups excluding carboxylic acids is 2. The fraction of sp³-hybridized carbons (Fsp3) is 0.686. The van der Waals surface area contributed by atoms with Gasteiger partial charge in [0.2, 0.25) is 0 Å². The fourth-order valence-corrected chi connectivity index (χ4v) is 6.30. The number of carboxylic acids is 1. The molecule has 1 unspecified atom stereocenters. The van der Waals surface area contributed by atoms with E-state index in [4.69, 9.17) is 5.11 Å². The summed E-state index contributed by atoms with van der Waals surface area (Å²) in [4.78, 5) is 33.7. The van der Waals surface area contributed by atoms with Gasteiger partial charge in [0, 0.05) is 0 Å². The fourth-order valence-electron chi connectivity index (χ4n) is 6.30. The lowest BCUT2D eigenvalue weighted by Gasteiger charge is -2.35. The third-order valence-electron chi connectivity index (χ3n) is 8.92. The maximum Gasteiger partial charge on any atom is 0.344 e. The summed E-state index contributed by atoms with van der Waals surface area (Å²) in [5.41, 5.74) is 7.76. The van der Waals surface area contributed by atoms with Gasteiger partial charge in [-0.05, 0) is 102 Å². The normalized spacial score (nSPS) is 19.7. The van der Waals surface area contributed by atoms with Crippen LogP contribution in [0.1, 0.15) is 126 Å². The molecule has 0 fully saturated rings. The maximum absolute atomic E-state index is 11.5. The van der Waals surface area contributed by atoms with Gasteiger partial charge in [-0.3, -0.25) is 4.79 Å². The molecule has 0 radical (unpaired) electrons. The Balaban J connectivity index is 0.000000414. The van der Waals surface area contributed by atoms with E-state index in [-0.39, 0.29) is 22.9 Å². The first-order valence-corrected chi connectivity index (χ1v) is 15.2. The number of allylic oxidation sites excluding steroid dienone is 6. The Kier molecular flexibility index (Phi) is 14.8. The van der Waals surface area contributed by atoms with Crippen LogP contribution < -0.4 is 0 Å². The number of ether oxygens (including phenoxy) is 2. The Morgan fingerprint density at radius 3 is 1.85 bits per heavy atom. The van der Waals surface area contributed by atoms with Gasteiger partial charge in [-0.1, -0.05) is 74.6 Å². The van der Waals surface area contributed by atoms with Gasteiger partial charge in [0.25, 0.3) is 0 Å². The molecule has 232 valence electrons. The van der Waals surface area contributed by atoms with Crippen molar-refractivity contribution in [2.45, 2.75) is 126 Å². The minimum absolute atomic E-state index is 0.0169. The first-order valence-electron chi connectivity index (χ1n) is 15.2. The average Bonchev–Trinajstić information content (AvgIpc) is 2.88. The van der Waals surface area contributed by atoms with Gasteiger partial charge in [0.05, 0.1) is 20.6 Å². The highest BCUT2D eigenvalue weighted by molar-refractivity contribution is 6.13. The van der Waals surface area contributed by atoms with E-state index in [0.717, 1.165) is 32.1 Å². The van der Waals surface area contributed by atoms with Crippen LogP contribution in [-0.2, 0) is 23.9 Å². The molecule has 1 N–H and O–H groups in total. The van der Waals surface area contributed by atoms with Crippen LogP contribution in [-0.4, -0.2) is 37.2 Å². The number of aliphatic carboxylic acids is 1. The molecule has 2 aliphatic rings. The molecule has 6 heteroatoms. The lowest BCUT2D eigenvalue weighted by Crippen LogP contribution is -2.21. The zero-order valence-corrected chi connectivity index (χ0v) is 27.5. The van der Waals surface area contributed by atoms with Crippen molar-refractivity contribution in [1.82, 2.24) is 0 Å². The molecule has 6 nitrogen and oxygen atoms in total. The van der Waals surface area contributed by atoms with Crippen molar-refractivity contribution in [2.75, 3.05) is 14.2 Å². The number of rotatable bonds is 11. The molecule has 0 spiro atoms. The maximum atomic E-state index is 11.5. The SMILES string of the molecule is COC(=O)/C(=C\C(C)CCC1=C(C)CCCC1(C)C)C(=O)O.COC(=O)C/C=C(\C)CCC1=C(C)CCCC1(C)C. The van der Waals surface area contributed by atoms with Gasteiger partial charge < -0.3 is 14.6 Å². The number of methoxy groups -OCH3 is 2. The molecule has 0 saturated heterocycles. The van der Waals surface area contributed by atoms with Gasteiger partial charge in [0.1, 0.15) is 5.57 Å². The summed E-state index contributed by atoms with van der Waals surface area (Å²) >= 11 is 0. The summed E-state index contributed by atoms with van der Waals surface area (Å²) in [6.07, 6.45) is 15.3. The summed E-state index contributed by atoms with van der Waals surface area (Å²) in [6.45, 7) is 17.8. The minimum Gasteiger partial charge on any atom is -0.477 e. The molecule has 0 aromatic rings. The van der Waals surface area contributed by atoms with Crippen LogP contribution in [0.4, 0.5) is 0 Å². The van der Waals surface area contributed by atoms with Gasteiger partial charge in [-0.2, -0.15) is 0 Å². The van der Waals surface area contributed by atoms with Gasteiger partial charge in [0.15, 0.2) is 0 Å². The highest BCUT2D eigenvalue weighted by atomic mass is 16.5. The summed E-state index contributed by atoms with van der Waals surface area (Å²) in [6, 6.07) is 0. The Hall–Kier alpha value is -2.63. The number of hydrogen-bond donors (Lipinski definition) is 1. The van der Waals surface area contributed by atoms with Crippen LogP contribution in [0.5, 0.6) is 0 Å². The summed E-state index contributed by atoms with van der Waals surface area (Å²) < 4.78 is 9.17. The van der Waals surface area contributed by atoms with Crippen molar-refractivity contribution in [3.8, 4) is 0 Å². The average molecular weight is 573 g/mol. The van der Waals surface area contributed by atoms with Gasteiger partial charge >= 0.3 is 17.9 Å². The zero-order valence-electron chi connectivity index (χ0n) is 27.5. The van der Waals surface area contributed by atoms with E-state index in [9.17, 15) is 14.4 Å². The molecular formula is C35H56O6. The Morgan fingerprint density at radius 1 is 0.902 bits per heavy atom. The third-order valence-corrected chi connectivity index (χ3v) is 8.92. The van der Waals surface area contributed by atoms with Gasteiger partial charge in [-0.25, -0.2) is 9.59 Å². The van der Waals surface area contributed by atoms with E-state index in [1.807, 2.05) is 13.0 Å². The van der Waals surface area contributed by atoms with Crippen molar-refractivity contribution in [1.29, 1.82) is 0 Å². The van der Waals surface area contributed by atoms with E-state index in [2.05, 4.69) is 57.9 Å². The van der Waals surface area contributed by atoms with E-state index in [1.165, 1.54) is 69.1 Å². The molecule has 0 bridgehead atoms. The van der Waals surface area contributed by atoms with Crippen molar-refractivity contribution < 1.29 is 29.0 Å². The molecule has 0 amide bonds. The highest BCUT2D eigenvalue weighted by Gasteiger charge is 2.29. The monoisotopic (exact) mass is 572 g/mol. The highest BCUT2D eigenvalue weighted by Crippen LogP contribution is 2.43. The molecule has 2 aliphatic carbocycles. The topological polar surface area (TPSA) is 89.9 Å². The number of carbonyl (C=O) groups is 3. The van der Waals surface area contributed by atoms with Crippen molar-refractivity contribution in [2.24, 2.45) is 16.7 Å². The third kappa shape index (κ3) is 12.0. The second-order valence-electron chi connectivity index (χ2n) is 13.2. The van der Waals surface area contributed by atoms with E-state index >= 15 is 0 Å². The van der Waals surface area contributed by atoms with E-state index in [0.29, 0.717) is 11.8 Å². The van der Waals surface area contributed by atoms with Crippen LogP contribution in [0.2, 0.25) is 0 Å². The predicted octanol–water partition coefficient (Wildman–Crippen LogP) is 8.92. The minimum atomic E-state index is -1.23. The summed E-state index contributed by atoms with van der Waals surface area (Å²) in [5, 5.41) is 9.09. The summed E-state index contributed by atoms with van der Waals surface area (Å²) in [5.74, 6) is -2.16. The second-order valence-corrected chi connectivity index (χ2v) is 13.2. The van der Waals surface area contributed by atoms with E-state index < -0.39 is 11.9 Å². The van der Waals surface area contributed by atoms with Crippen molar-refractivity contribution in [3.05, 3.63) is 45.6 Å². The summed E-state index contributed by atoms with van der Waals surface area (Å²) in [7, 11) is 2.63.